The van der Waals surface area contributed by atoms with Crippen molar-refractivity contribution in [2.24, 2.45) is 0 Å². The van der Waals surface area contributed by atoms with Crippen LogP contribution in [0, 0.1) is 20.2 Å². The lowest BCUT2D eigenvalue weighted by Crippen LogP contribution is -2.48. The molecule has 37 heavy (non-hydrogen) atoms. The summed E-state index contributed by atoms with van der Waals surface area (Å²) in [6, 6.07) is 10.1. The number of piperazine rings is 1. The van der Waals surface area contributed by atoms with Crippen LogP contribution in [0.15, 0.2) is 36.4 Å². The fourth-order valence-corrected chi connectivity index (χ4v) is 5.63. The van der Waals surface area contributed by atoms with Crippen molar-refractivity contribution in [2.45, 2.75) is 32.1 Å². The number of amides is 1. The number of rotatable bonds is 6. The van der Waals surface area contributed by atoms with Gasteiger partial charge in [0, 0.05) is 75.7 Å². The number of anilines is 3. The summed E-state index contributed by atoms with van der Waals surface area (Å²) in [5.41, 5.74) is 2.56. The third-order valence-electron chi connectivity index (χ3n) is 7.65. The van der Waals surface area contributed by atoms with E-state index in [1.807, 2.05) is 11.0 Å². The Hall–Kier alpha value is -3.89. The number of hydrogen-bond donors (Lipinski definition) is 0. The number of nitrogens with zero attached hydrogens (tertiary/aromatic N) is 6. The quantitative estimate of drug-likeness (QED) is 0.424. The molecule has 11 nitrogen and oxygen atoms in total. The SMILES string of the molecule is O=C(c1ccc(N2CCCC2)c([N+](=O)[O-])c1)N1CCN(c2ccc([N+](=O)[O-])c(N3CCCCC3)c2)CC1. The molecule has 3 aliphatic rings. The highest BCUT2D eigenvalue weighted by Gasteiger charge is 2.28. The molecule has 3 fully saturated rings. The zero-order chi connectivity index (χ0) is 25.9. The number of carbonyl (C=O) groups excluding carboxylic acids is 1. The van der Waals surface area contributed by atoms with E-state index in [2.05, 4.69) is 9.80 Å². The lowest BCUT2D eigenvalue weighted by molar-refractivity contribution is -0.384. The second-order valence-corrected chi connectivity index (χ2v) is 9.91. The molecule has 0 radical (unpaired) electrons. The molecular formula is C26H32N6O5. The predicted molar refractivity (Wildman–Crippen MR) is 142 cm³/mol. The van der Waals surface area contributed by atoms with E-state index in [0.717, 1.165) is 64.0 Å². The van der Waals surface area contributed by atoms with Gasteiger partial charge in [0.2, 0.25) is 0 Å². The Morgan fingerprint density at radius 2 is 1.22 bits per heavy atom. The molecule has 3 aliphatic heterocycles. The minimum atomic E-state index is -0.406. The van der Waals surface area contributed by atoms with Crippen LogP contribution >= 0.6 is 0 Å². The lowest BCUT2D eigenvalue weighted by atomic mass is 10.1. The summed E-state index contributed by atoms with van der Waals surface area (Å²) in [6.45, 7) is 5.31. The standard InChI is InChI=1S/C26H32N6O5/c33-26(20-6-8-22(25(18-20)32(36)37)28-12-4-5-13-28)30-16-14-27(15-17-30)21-7-9-23(31(34)35)24(19-21)29-10-2-1-3-11-29/h6-9,18-19H,1-5,10-17H2. The van der Waals surface area contributed by atoms with E-state index in [-0.39, 0.29) is 22.2 Å². The third-order valence-corrected chi connectivity index (χ3v) is 7.65. The molecule has 3 heterocycles. The van der Waals surface area contributed by atoms with E-state index in [4.69, 9.17) is 0 Å². The number of piperidine rings is 1. The van der Waals surface area contributed by atoms with E-state index in [9.17, 15) is 25.0 Å². The number of carbonyl (C=O) groups is 1. The molecule has 2 aromatic carbocycles. The van der Waals surface area contributed by atoms with Crippen LogP contribution in [0.2, 0.25) is 0 Å². The molecule has 0 atom stereocenters. The first-order valence-corrected chi connectivity index (χ1v) is 13.0. The number of benzene rings is 2. The van der Waals surface area contributed by atoms with Gasteiger partial charge >= 0.3 is 0 Å². The molecule has 0 saturated carbocycles. The largest absolute Gasteiger partial charge is 0.368 e. The summed E-state index contributed by atoms with van der Waals surface area (Å²) in [4.78, 5) is 43.8. The van der Waals surface area contributed by atoms with E-state index in [1.165, 1.54) is 6.07 Å². The minimum Gasteiger partial charge on any atom is -0.368 e. The predicted octanol–water partition coefficient (Wildman–Crippen LogP) is 4.06. The Morgan fingerprint density at radius 3 is 1.84 bits per heavy atom. The Morgan fingerprint density at radius 1 is 0.622 bits per heavy atom. The van der Waals surface area contributed by atoms with Crippen LogP contribution in [0.5, 0.6) is 0 Å². The second kappa shape index (κ2) is 10.6. The van der Waals surface area contributed by atoms with Crippen LogP contribution in [0.1, 0.15) is 42.5 Å². The Bertz CT molecular complexity index is 1180. The van der Waals surface area contributed by atoms with Gasteiger partial charge in [-0.1, -0.05) is 0 Å². The molecule has 2 aromatic rings. The van der Waals surface area contributed by atoms with Gasteiger partial charge in [-0.15, -0.1) is 0 Å². The highest BCUT2D eigenvalue weighted by molar-refractivity contribution is 5.96. The van der Waals surface area contributed by atoms with Crippen LogP contribution in [-0.4, -0.2) is 73.0 Å². The normalized spacial score (nSPS) is 18.3. The van der Waals surface area contributed by atoms with Gasteiger partial charge in [-0.3, -0.25) is 25.0 Å². The molecule has 0 unspecified atom stereocenters. The van der Waals surface area contributed by atoms with Crippen molar-refractivity contribution >= 4 is 34.3 Å². The molecule has 3 saturated heterocycles. The first-order chi connectivity index (χ1) is 17.9. The summed E-state index contributed by atoms with van der Waals surface area (Å²) < 4.78 is 0. The highest BCUT2D eigenvalue weighted by atomic mass is 16.6. The zero-order valence-electron chi connectivity index (χ0n) is 20.9. The van der Waals surface area contributed by atoms with Crippen LogP contribution in [0.25, 0.3) is 0 Å². The topological polar surface area (TPSA) is 116 Å². The molecule has 0 bridgehead atoms. The average Bonchev–Trinajstić information content (AvgIpc) is 3.47. The number of hydrogen-bond acceptors (Lipinski definition) is 8. The number of nitro benzene ring substituents is 2. The van der Waals surface area contributed by atoms with Gasteiger partial charge in [0.05, 0.1) is 9.85 Å². The maximum absolute atomic E-state index is 13.2. The lowest BCUT2D eigenvalue weighted by Gasteiger charge is -2.37. The highest BCUT2D eigenvalue weighted by Crippen LogP contribution is 2.35. The summed E-state index contributed by atoms with van der Waals surface area (Å²) in [5.74, 6) is -0.214. The van der Waals surface area contributed by atoms with Crippen LogP contribution in [0.3, 0.4) is 0 Å². The first kappa shape index (κ1) is 24.8. The van der Waals surface area contributed by atoms with Crippen molar-refractivity contribution in [3.63, 3.8) is 0 Å². The molecule has 5 rings (SSSR count). The minimum absolute atomic E-state index is 0.0255. The van der Waals surface area contributed by atoms with E-state index < -0.39 is 4.92 Å². The number of nitro groups is 2. The van der Waals surface area contributed by atoms with E-state index in [0.29, 0.717) is 43.1 Å². The summed E-state index contributed by atoms with van der Waals surface area (Å²) in [7, 11) is 0. The summed E-state index contributed by atoms with van der Waals surface area (Å²) in [6.07, 6.45) is 5.22. The molecule has 0 aromatic heterocycles. The Labute approximate surface area is 215 Å². The van der Waals surface area contributed by atoms with Crippen molar-refractivity contribution in [1.82, 2.24) is 4.90 Å². The monoisotopic (exact) mass is 508 g/mol. The molecule has 0 N–H and O–H groups in total. The maximum Gasteiger partial charge on any atom is 0.293 e. The van der Waals surface area contributed by atoms with Gasteiger partial charge in [-0.25, -0.2) is 0 Å². The summed E-state index contributed by atoms with van der Waals surface area (Å²) >= 11 is 0. The maximum atomic E-state index is 13.2. The molecule has 0 spiro atoms. The fourth-order valence-electron chi connectivity index (χ4n) is 5.63. The molecule has 1 amide bonds. The Balaban J connectivity index is 1.28. The molecular weight excluding hydrogens is 476 g/mol. The van der Waals surface area contributed by atoms with E-state index in [1.54, 1.807) is 29.2 Å². The summed E-state index contributed by atoms with van der Waals surface area (Å²) in [5, 5.41) is 23.4. The van der Waals surface area contributed by atoms with Crippen LogP contribution < -0.4 is 14.7 Å². The fraction of sp³-hybridized carbons (Fsp3) is 0.500. The van der Waals surface area contributed by atoms with Crippen molar-refractivity contribution in [1.29, 1.82) is 0 Å². The van der Waals surface area contributed by atoms with Gasteiger partial charge in [0.25, 0.3) is 17.3 Å². The van der Waals surface area contributed by atoms with Crippen molar-refractivity contribution in [3.05, 3.63) is 62.2 Å². The van der Waals surface area contributed by atoms with Gasteiger partial charge in [0.1, 0.15) is 11.4 Å². The van der Waals surface area contributed by atoms with Crippen LogP contribution in [0.4, 0.5) is 28.4 Å². The molecule has 196 valence electrons. The Kier molecular flexibility index (Phi) is 7.11. The molecule has 0 aliphatic carbocycles. The third kappa shape index (κ3) is 5.16. The average molecular weight is 509 g/mol. The van der Waals surface area contributed by atoms with Gasteiger partial charge in [-0.2, -0.15) is 0 Å². The van der Waals surface area contributed by atoms with Crippen molar-refractivity contribution in [2.75, 3.05) is 67.1 Å². The van der Waals surface area contributed by atoms with Gasteiger partial charge < -0.3 is 19.6 Å². The smallest absolute Gasteiger partial charge is 0.293 e. The van der Waals surface area contributed by atoms with Crippen molar-refractivity contribution < 1.29 is 14.6 Å². The van der Waals surface area contributed by atoms with Crippen LogP contribution in [-0.2, 0) is 0 Å². The van der Waals surface area contributed by atoms with Crippen molar-refractivity contribution in [3.8, 4) is 0 Å². The zero-order valence-corrected chi connectivity index (χ0v) is 20.9. The van der Waals surface area contributed by atoms with E-state index >= 15 is 0 Å². The second-order valence-electron chi connectivity index (χ2n) is 9.91. The van der Waals surface area contributed by atoms with Gasteiger partial charge in [0.15, 0.2) is 0 Å². The van der Waals surface area contributed by atoms with Gasteiger partial charge in [-0.05, 0) is 56.4 Å². The first-order valence-electron chi connectivity index (χ1n) is 13.0. The molecule has 11 heteroatoms.